The zero-order chi connectivity index (χ0) is 31.6. The highest BCUT2D eigenvalue weighted by molar-refractivity contribution is 7.99. The van der Waals surface area contributed by atoms with Crippen LogP contribution < -0.4 is 10.8 Å². The summed E-state index contributed by atoms with van der Waals surface area (Å²) < 4.78 is 15.0. The topological polar surface area (TPSA) is 135 Å². The second kappa shape index (κ2) is 15.8. The average molecular weight is 631 g/mol. The first kappa shape index (κ1) is 32.4. The van der Waals surface area contributed by atoms with Gasteiger partial charge in [0.25, 0.3) is 0 Å². The third-order valence-electron chi connectivity index (χ3n) is 7.71. The van der Waals surface area contributed by atoms with Gasteiger partial charge in [-0.15, -0.1) is 0 Å². The summed E-state index contributed by atoms with van der Waals surface area (Å²) in [7, 11) is 1.98. The molecule has 1 aliphatic rings. The number of hydrogen-bond donors (Lipinski definition) is 4. The number of hydroxylamine groups is 1. The first-order valence-corrected chi connectivity index (χ1v) is 15.9. The molecule has 3 unspecified atom stereocenters. The van der Waals surface area contributed by atoms with Gasteiger partial charge in [0.1, 0.15) is 0 Å². The Morgan fingerprint density at radius 3 is 2.42 bits per heavy atom. The SMILES string of the molecule is Cn1ccnc1SCC1CC(c2ccc(CO)cc2)OC(c2ccc(-c3ccccc3CNC(=O)CCCC(=O)NO)cc2)O1. The standard InChI is InChI=1S/C34H38N4O6S/c1-38-18-17-35-34(38)45-22-28-19-30(25-11-9-23(21-39)10-12-25)44-33(43-28)26-15-13-24(14-16-26)29-6-3-2-5-27(29)20-36-31(40)7-4-8-32(41)37-42/h2-3,5-6,9-18,28,30,33,39,42H,4,7-8,19-22H2,1H3,(H,36,40)(H,37,41). The summed E-state index contributed by atoms with van der Waals surface area (Å²) in [6.07, 6.45) is 4.23. The summed E-state index contributed by atoms with van der Waals surface area (Å²) in [5.41, 5.74) is 7.34. The molecule has 5 rings (SSSR count). The third kappa shape index (κ3) is 8.80. The molecule has 2 amide bonds. The van der Waals surface area contributed by atoms with E-state index in [2.05, 4.69) is 10.3 Å². The molecule has 1 aromatic heterocycles. The van der Waals surface area contributed by atoms with Gasteiger partial charge in [-0.25, -0.2) is 10.5 Å². The van der Waals surface area contributed by atoms with Crippen LogP contribution in [0.3, 0.4) is 0 Å². The quantitative estimate of drug-likeness (QED) is 0.0899. The van der Waals surface area contributed by atoms with E-state index in [-0.39, 0.29) is 37.6 Å². The lowest BCUT2D eigenvalue weighted by molar-refractivity contribution is -0.245. The van der Waals surface area contributed by atoms with Gasteiger partial charge in [-0.2, -0.15) is 0 Å². The van der Waals surface area contributed by atoms with Gasteiger partial charge >= 0.3 is 0 Å². The molecule has 236 valence electrons. The Morgan fingerprint density at radius 1 is 0.978 bits per heavy atom. The lowest BCUT2D eigenvalue weighted by Crippen LogP contribution is -2.31. The Kier molecular flexibility index (Phi) is 11.4. The fraction of sp³-hybridized carbons (Fsp3) is 0.324. The predicted octanol–water partition coefficient (Wildman–Crippen LogP) is 5.21. The van der Waals surface area contributed by atoms with Gasteiger partial charge in [-0.1, -0.05) is 84.6 Å². The fourth-order valence-corrected chi connectivity index (χ4v) is 6.15. The third-order valence-corrected chi connectivity index (χ3v) is 8.90. The summed E-state index contributed by atoms with van der Waals surface area (Å²) in [5, 5.41) is 21.9. The first-order valence-electron chi connectivity index (χ1n) is 14.9. The molecule has 1 saturated heterocycles. The number of carbonyl (C=O) groups excluding carboxylic acids is 2. The number of rotatable bonds is 13. The Bertz CT molecular complexity index is 1560. The number of nitrogens with zero attached hydrogens (tertiary/aromatic N) is 2. The highest BCUT2D eigenvalue weighted by Gasteiger charge is 2.32. The lowest BCUT2D eigenvalue weighted by Gasteiger charge is -2.36. The maximum atomic E-state index is 12.3. The first-order chi connectivity index (χ1) is 21.9. The van der Waals surface area contributed by atoms with E-state index in [1.54, 1.807) is 23.4 Å². The van der Waals surface area contributed by atoms with E-state index in [1.807, 2.05) is 90.6 Å². The fourth-order valence-electron chi connectivity index (χ4n) is 5.20. The van der Waals surface area contributed by atoms with Crippen LogP contribution in [0, 0.1) is 0 Å². The zero-order valence-corrected chi connectivity index (χ0v) is 25.9. The molecule has 1 fully saturated rings. The Labute approximate surface area is 266 Å². The lowest BCUT2D eigenvalue weighted by atomic mass is 9.97. The number of thioether (sulfide) groups is 1. The molecule has 10 nitrogen and oxygen atoms in total. The second-order valence-corrected chi connectivity index (χ2v) is 11.9. The normalized spacial score (nSPS) is 18.0. The number of aliphatic hydroxyl groups excluding tert-OH is 1. The molecule has 45 heavy (non-hydrogen) atoms. The number of carbonyl (C=O) groups is 2. The number of amides is 2. The smallest absolute Gasteiger partial charge is 0.243 e. The maximum absolute atomic E-state index is 12.3. The van der Waals surface area contributed by atoms with Crippen molar-refractivity contribution in [1.82, 2.24) is 20.3 Å². The van der Waals surface area contributed by atoms with Crippen molar-refractivity contribution in [2.75, 3.05) is 5.75 Å². The Morgan fingerprint density at radius 2 is 1.71 bits per heavy atom. The maximum Gasteiger partial charge on any atom is 0.243 e. The Hall–Kier alpha value is -4.00. The van der Waals surface area contributed by atoms with Crippen LogP contribution in [0.2, 0.25) is 0 Å². The van der Waals surface area contributed by atoms with Crippen LogP contribution in [-0.4, -0.2) is 43.5 Å². The molecule has 3 aromatic carbocycles. The number of hydrogen-bond acceptors (Lipinski definition) is 8. The summed E-state index contributed by atoms with van der Waals surface area (Å²) in [4.78, 5) is 27.9. The zero-order valence-electron chi connectivity index (χ0n) is 25.1. The molecule has 4 aromatic rings. The average Bonchev–Trinajstić information content (AvgIpc) is 3.50. The molecule has 0 bridgehead atoms. The van der Waals surface area contributed by atoms with Crippen molar-refractivity contribution in [2.24, 2.45) is 7.05 Å². The summed E-state index contributed by atoms with van der Waals surface area (Å²) in [6, 6.07) is 23.9. The highest BCUT2D eigenvalue weighted by Crippen LogP contribution is 2.40. The summed E-state index contributed by atoms with van der Waals surface area (Å²) >= 11 is 1.66. The van der Waals surface area contributed by atoms with Crippen molar-refractivity contribution < 1.29 is 29.4 Å². The summed E-state index contributed by atoms with van der Waals surface area (Å²) in [6.45, 7) is 0.345. The van der Waals surface area contributed by atoms with Crippen molar-refractivity contribution in [3.63, 3.8) is 0 Å². The number of ether oxygens (including phenoxy) is 2. The molecular weight excluding hydrogens is 592 g/mol. The van der Waals surface area contributed by atoms with Crippen molar-refractivity contribution in [3.8, 4) is 11.1 Å². The predicted molar refractivity (Wildman–Crippen MR) is 170 cm³/mol. The van der Waals surface area contributed by atoms with Crippen LogP contribution >= 0.6 is 11.8 Å². The van der Waals surface area contributed by atoms with Crippen LogP contribution in [0.25, 0.3) is 11.1 Å². The highest BCUT2D eigenvalue weighted by atomic mass is 32.2. The molecular formula is C34H38N4O6S. The van der Waals surface area contributed by atoms with Crippen LogP contribution in [0.1, 0.15) is 60.3 Å². The van der Waals surface area contributed by atoms with Gasteiger partial charge in [0.05, 0.1) is 18.8 Å². The molecule has 4 N–H and O–H groups in total. The molecule has 2 heterocycles. The van der Waals surface area contributed by atoms with Gasteiger partial charge < -0.3 is 24.5 Å². The van der Waals surface area contributed by atoms with Crippen LogP contribution in [0.4, 0.5) is 0 Å². The van der Waals surface area contributed by atoms with E-state index >= 15 is 0 Å². The van der Waals surface area contributed by atoms with E-state index in [0.717, 1.165) is 44.3 Å². The number of aliphatic hydroxyl groups is 1. The van der Waals surface area contributed by atoms with E-state index in [0.29, 0.717) is 19.4 Å². The van der Waals surface area contributed by atoms with Gasteiger partial charge in [0.15, 0.2) is 11.4 Å². The van der Waals surface area contributed by atoms with Crippen molar-refractivity contribution in [1.29, 1.82) is 0 Å². The van der Waals surface area contributed by atoms with Crippen molar-refractivity contribution >= 4 is 23.6 Å². The minimum atomic E-state index is -0.565. The van der Waals surface area contributed by atoms with E-state index in [4.69, 9.17) is 14.7 Å². The van der Waals surface area contributed by atoms with Gasteiger partial charge in [0.2, 0.25) is 11.8 Å². The molecule has 0 saturated carbocycles. The van der Waals surface area contributed by atoms with E-state index in [9.17, 15) is 14.7 Å². The molecule has 0 radical (unpaired) electrons. The molecule has 0 aliphatic carbocycles. The monoisotopic (exact) mass is 630 g/mol. The van der Waals surface area contributed by atoms with Crippen LogP contribution in [0.5, 0.6) is 0 Å². The summed E-state index contributed by atoms with van der Waals surface area (Å²) in [5.74, 6) is 0.0576. The van der Waals surface area contributed by atoms with Crippen LogP contribution in [-0.2, 0) is 39.3 Å². The van der Waals surface area contributed by atoms with Crippen LogP contribution in [0.15, 0.2) is 90.3 Å². The molecule has 1 aliphatic heterocycles. The number of imidazole rings is 1. The molecule has 0 spiro atoms. The minimum Gasteiger partial charge on any atom is -0.392 e. The second-order valence-electron chi connectivity index (χ2n) is 10.9. The van der Waals surface area contributed by atoms with Crippen molar-refractivity contribution in [2.45, 2.75) is 62.5 Å². The number of aryl methyl sites for hydroxylation is 1. The van der Waals surface area contributed by atoms with Gasteiger partial charge in [0, 0.05) is 56.6 Å². The van der Waals surface area contributed by atoms with E-state index in [1.165, 1.54) is 0 Å². The van der Waals surface area contributed by atoms with Gasteiger partial charge in [-0.05, 0) is 34.2 Å². The Balaban J connectivity index is 1.28. The number of aromatic nitrogens is 2. The molecule has 11 heteroatoms. The van der Waals surface area contributed by atoms with Gasteiger partial charge in [-0.3, -0.25) is 14.8 Å². The number of benzene rings is 3. The largest absolute Gasteiger partial charge is 0.392 e. The number of nitrogens with one attached hydrogen (secondary N) is 2. The van der Waals surface area contributed by atoms with E-state index < -0.39 is 12.2 Å². The molecule has 3 atom stereocenters. The van der Waals surface area contributed by atoms with Crippen molar-refractivity contribution in [3.05, 3.63) is 107 Å². The minimum absolute atomic E-state index is 0.00613.